The Morgan fingerprint density at radius 2 is 2.11 bits per heavy atom. The van der Waals surface area contributed by atoms with Gasteiger partial charge in [-0.2, -0.15) is 0 Å². The van der Waals surface area contributed by atoms with E-state index < -0.39 is 0 Å². The van der Waals surface area contributed by atoms with Gasteiger partial charge < -0.3 is 10.1 Å². The molecule has 0 spiro atoms. The van der Waals surface area contributed by atoms with Crippen LogP contribution in [0.25, 0.3) is 10.9 Å². The van der Waals surface area contributed by atoms with Gasteiger partial charge in [0.15, 0.2) is 0 Å². The van der Waals surface area contributed by atoms with Crippen LogP contribution >= 0.6 is 0 Å². The molecule has 1 N–H and O–H groups in total. The van der Waals surface area contributed by atoms with Crippen LogP contribution in [0.5, 0.6) is 5.75 Å². The Balaban J connectivity index is 1.81. The molecule has 19 heavy (non-hydrogen) atoms. The van der Waals surface area contributed by atoms with Crippen molar-refractivity contribution in [1.29, 1.82) is 0 Å². The van der Waals surface area contributed by atoms with E-state index in [0.717, 1.165) is 29.5 Å². The van der Waals surface area contributed by atoms with Crippen molar-refractivity contribution in [3.8, 4) is 5.75 Å². The highest BCUT2D eigenvalue weighted by atomic mass is 16.5. The summed E-state index contributed by atoms with van der Waals surface area (Å²) >= 11 is 0. The van der Waals surface area contributed by atoms with Crippen molar-refractivity contribution >= 4 is 10.9 Å². The van der Waals surface area contributed by atoms with Crippen molar-refractivity contribution in [2.45, 2.75) is 37.8 Å². The van der Waals surface area contributed by atoms with E-state index in [0.29, 0.717) is 12.1 Å². The number of nitrogens with one attached hydrogen (secondary N) is 1. The molecule has 2 atom stereocenters. The monoisotopic (exact) mass is 256 g/mol. The minimum absolute atomic E-state index is 0.304. The Bertz CT molecular complexity index is 550. The molecular weight excluding hydrogens is 236 g/mol. The van der Waals surface area contributed by atoms with E-state index in [4.69, 9.17) is 4.74 Å². The van der Waals surface area contributed by atoms with E-state index >= 15 is 0 Å². The highest BCUT2D eigenvalue weighted by molar-refractivity contribution is 5.84. The number of hydrogen-bond acceptors (Lipinski definition) is 3. The molecule has 1 saturated carbocycles. The average molecular weight is 256 g/mol. The summed E-state index contributed by atoms with van der Waals surface area (Å²) in [7, 11) is 2.03. The number of benzene rings is 1. The second kappa shape index (κ2) is 5.57. The first-order chi connectivity index (χ1) is 9.36. The topological polar surface area (TPSA) is 34.1 Å². The predicted octanol–water partition coefficient (Wildman–Crippen LogP) is 3.14. The summed E-state index contributed by atoms with van der Waals surface area (Å²) in [6, 6.07) is 10.8. The largest absolute Gasteiger partial charge is 0.488 e. The van der Waals surface area contributed by atoms with Gasteiger partial charge in [0.1, 0.15) is 17.4 Å². The van der Waals surface area contributed by atoms with Gasteiger partial charge in [-0.1, -0.05) is 18.2 Å². The van der Waals surface area contributed by atoms with Gasteiger partial charge in [-0.25, -0.2) is 0 Å². The summed E-state index contributed by atoms with van der Waals surface area (Å²) in [5, 5.41) is 4.50. The molecule has 1 aliphatic rings. The Morgan fingerprint density at radius 3 is 3.00 bits per heavy atom. The fourth-order valence-corrected chi connectivity index (χ4v) is 2.87. The zero-order valence-corrected chi connectivity index (χ0v) is 11.3. The molecule has 0 aliphatic heterocycles. The Labute approximate surface area is 114 Å². The van der Waals surface area contributed by atoms with Gasteiger partial charge in [-0.05, 0) is 44.9 Å². The van der Waals surface area contributed by atoms with Gasteiger partial charge in [0.25, 0.3) is 0 Å². The fourth-order valence-electron chi connectivity index (χ4n) is 2.87. The van der Waals surface area contributed by atoms with Crippen LogP contribution in [0, 0.1) is 0 Å². The molecule has 3 heteroatoms. The molecule has 3 rings (SSSR count). The molecule has 1 fully saturated rings. The number of ether oxygens (including phenoxy) is 1. The molecule has 3 nitrogen and oxygen atoms in total. The van der Waals surface area contributed by atoms with Gasteiger partial charge in [-0.3, -0.25) is 4.98 Å². The predicted molar refractivity (Wildman–Crippen MR) is 77.5 cm³/mol. The number of fused-ring (bicyclic) bond motifs is 1. The number of aromatic nitrogens is 1. The minimum Gasteiger partial charge on any atom is -0.488 e. The van der Waals surface area contributed by atoms with Crippen LogP contribution < -0.4 is 10.1 Å². The summed E-state index contributed by atoms with van der Waals surface area (Å²) < 4.78 is 6.20. The maximum absolute atomic E-state index is 6.20. The van der Waals surface area contributed by atoms with E-state index in [1.54, 1.807) is 0 Å². The summed E-state index contributed by atoms with van der Waals surface area (Å²) in [4.78, 5) is 4.45. The highest BCUT2D eigenvalue weighted by Gasteiger charge is 2.22. The molecule has 1 heterocycles. The van der Waals surface area contributed by atoms with Gasteiger partial charge in [0, 0.05) is 17.6 Å². The first-order valence-electron chi connectivity index (χ1n) is 7.04. The van der Waals surface area contributed by atoms with Crippen LogP contribution in [0.15, 0.2) is 36.5 Å². The molecule has 0 amide bonds. The third-order valence-corrected chi connectivity index (χ3v) is 3.92. The van der Waals surface area contributed by atoms with Crippen molar-refractivity contribution in [1.82, 2.24) is 10.3 Å². The van der Waals surface area contributed by atoms with Gasteiger partial charge in [0.05, 0.1) is 0 Å². The highest BCUT2D eigenvalue weighted by Crippen LogP contribution is 2.28. The Hall–Kier alpha value is -1.61. The van der Waals surface area contributed by atoms with Crippen LogP contribution in [-0.4, -0.2) is 24.2 Å². The Kier molecular flexibility index (Phi) is 3.65. The zero-order valence-electron chi connectivity index (χ0n) is 11.3. The molecule has 1 aliphatic carbocycles. The summed E-state index contributed by atoms with van der Waals surface area (Å²) in [5.74, 6) is 0.917. The van der Waals surface area contributed by atoms with Crippen molar-refractivity contribution in [2.75, 3.05) is 7.05 Å². The molecule has 2 unspecified atom stereocenters. The molecule has 100 valence electrons. The second-order valence-electron chi connectivity index (χ2n) is 5.22. The third-order valence-electron chi connectivity index (χ3n) is 3.92. The number of rotatable bonds is 3. The maximum atomic E-state index is 6.20. The zero-order chi connectivity index (χ0) is 13.1. The Morgan fingerprint density at radius 1 is 1.21 bits per heavy atom. The van der Waals surface area contributed by atoms with Crippen LogP contribution in [0.4, 0.5) is 0 Å². The molecule has 0 bridgehead atoms. The minimum atomic E-state index is 0.304. The summed E-state index contributed by atoms with van der Waals surface area (Å²) in [5.41, 5.74) is 0.969. The first kappa shape index (κ1) is 12.4. The van der Waals surface area contributed by atoms with Crippen LogP contribution in [0.3, 0.4) is 0 Å². The third kappa shape index (κ3) is 2.71. The lowest BCUT2D eigenvalue weighted by atomic mass is 9.93. The van der Waals surface area contributed by atoms with Crippen molar-refractivity contribution in [2.24, 2.45) is 0 Å². The number of para-hydroxylation sites is 1. The number of pyridine rings is 1. The second-order valence-corrected chi connectivity index (χ2v) is 5.22. The van der Waals surface area contributed by atoms with Gasteiger partial charge >= 0.3 is 0 Å². The lowest BCUT2D eigenvalue weighted by molar-refractivity contribution is 0.138. The SMILES string of the molecule is CNC1CCCC(Oc2cccc3cccnc23)C1. The summed E-state index contributed by atoms with van der Waals surface area (Å²) in [6.07, 6.45) is 6.84. The standard InChI is InChI=1S/C16H20N2O/c1-17-13-7-3-8-14(11-13)19-15-9-2-5-12-6-4-10-18-16(12)15/h2,4-6,9-10,13-14,17H,3,7-8,11H2,1H3. The van der Waals surface area contributed by atoms with Crippen LogP contribution in [-0.2, 0) is 0 Å². The fraction of sp³-hybridized carbons (Fsp3) is 0.438. The normalized spacial score (nSPS) is 23.4. The summed E-state index contributed by atoms with van der Waals surface area (Å²) in [6.45, 7) is 0. The smallest absolute Gasteiger partial charge is 0.145 e. The van der Waals surface area contributed by atoms with E-state index in [9.17, 15) is 0 Å². The molecule has 1 aromatic heterocycles. The van der Waals surface area contributed by atoms with Crippen molar-refractivity contribution < 1.29 is 4.74 Å². The van der Waals surface area contributed by atoms with Gasteiger partial charge in [-0.15, -0.1) is 0 Å². The van der Waals surface area contributed by atoms with Crippen LogP contribution in [0.1, 0.15) is 25.7 Å². The molecule has 1 aromatic carbocycles. The van der Waals surface area contributed by atoms with E-state index in [-0.39, 0.29) is 0 Å². The molecule has 0 radical (unpaired) electrons. The van der Waals surface area contributed by atoms with Crippen molar-refractivity contribution in [3.05, 3.63) is 36.5 Å². The molecule has 0 saturated heterocycles. The van der Waals surface area contributed by atoms with E-state index in [2.05, 4.69) is 22.4 Å². The van der Waals surface area contributed by atoms with Crippen LogP contribution in [0.2, 0.25) is 0 Å². The van der Waals surface area contributed by atoms with E-state index in [1.165, 1.54) is 12.8 Å². The quantitative estimate of drug-likeness (QED) is 0.916. The maximum Gasteiger partial charge on any atom is 0.145 e. The molecule has 2 aromatic rings. The molecular formula is C16H20N2O. The van der Waals surface area contributed by atoms with Crippen molar-refractivity contribution in [3.63, 3.8) is 0 Å². The lowest BCUT2D eigenvalue weighted by Crippen LogP contribution is -2.36. The average Bonchev–Trinajstić information content (AvgIpc) is 2.48. The van der Waals surface area contributed by atoms with E-state index in [1.807, 2.05) is 31.4 Å². The van der Waals surface area contributed by atoms with Gasteiger partial charge in [0.2, 0.25) is 0 Å². The number of hydrogen-bond donors (Lipinski definition) is 1. The number of nitrogens with zero attached hydrogens (tertiary/aromatic N) is 1. The lowest BCUT2D eigenvalue weighted by Gasteiger charge is -2.29. The first-order valence-corrected chi connectivity index (χ1v) is 7.04.